The van der Waals surface area contributed by atoms with Crippen molar-refractivity contribution in [3.8, 4) is 5.75 Å². The van der Waals surface area contributed by atoms with Gasteiger partial charge in [-0.2, -0.15) is 5.10 Å². The fourth-order valence-corrected chi connectivity index (χ4v) is 3.87. The molecule has 1 aliphatic carbocycles. The van der Waals surface area contributed by atoms with Gasteiger partial charge in [0, 0.05) is 12.5 Å². The van der Waals surface area contributed by atoms with E-state index in [-0.39, 0.29) is 11.1 Å². The second kappa shape index (κ2) is 7.32. The van der Waals surface area contributed by atoms with E-state index in [1.165, 1.54) is 24.4 Å². The van der Waals surface area contributed by atoms with Crippen LogP contribution in [-0.4, -0.2) is 27.8 Å². The van der Waals surface area contributed by atoms with E-state index in [2.05, 4.69) is 41.6 Å². The lowest BCUT2D eigenvalue weighted by Crippen LogP contribution is -2.33. The number of aromatic hydroxyl groups is 1. The maximum atomic E-state index is 12.0. The molecule has 6 heteroatoms. The molecule has 1 fully saturated rings. The molecule has 1 aliphatic rings. The first-order valence-corrected chi connectivity index (χ1v) is 9.11. The molecular formula is C20H25N3O3. The van der Waals surface area contributed by atoms with Crippen molar-refractivity contribution in [2.45, 2.75) is 51.0 Å². The first-order chi connectivity index (χ1) is 12.5. The Labute approximate surface area is 152 Å². The van der Waals surface area contributed by atoms with Gasteiger partial charge in [-0.25, -0.2) is 0 Å². The summed E-state index contributed by atoms with van der Waals surface area (Å²) in [6.07, 6.45) is 6.62. The number of nitrogens with zero attached hydrogens (tertiary/aromatic N) is 2. The Kier molecular flexibility index (Phi) is 5.11. The minimum atomic E-state index is -0.742. The summed E-state index contributed by atoms with van der Waals surface area (Å²) in [5.74, 6) is -1.04. The molecule has 0 bridgehead atoms. The summed E-state index contributed by atoms with van der Waals surface area (Å²) in [5.41, 5.74) is 1.42. The van der Waals surface area contributed by atoms with Gasteiger partial charge in [0.1, 0.15) is 0 Å². The Balaban J connectivity index is 1.99. The van der Waals surface area contributed by atoms with E-state index < -0.39 is 17.1 Å². The van der Waals surface area contributed by atoms with Crippen molar-refractivity contribution in [3.63, 3.8) is 0 Å². The second-order valence-corrected chi connectivity index (χ2v) is 7.01. The van der Waals surface area contributed by atoms with E-state index >= 15 is 0 Å². The SMILES string of the molecule is CCc1ccc(C2(Cn3cc(O)c(=O)c(C(=O)NC)n3)CCCC2)cc1. The predicted octanol–water partition coefficient (Wildman–Crippen LogP) is 2.38. The Hall–Kier alpha value is -2.63. The molecule has 1 saturated carbocycles. The second-order valence-electron chi connectivity index (χ2n) is 7.01. The van der Waals surface area contributed by atoms with Crippen LogP contribution in [0.4, 0.5) is 0 Å². The highest BCUT2D eigenvalue weighted by Gasteiger charge is 2.36. The number of aryl methyl sites for hydroxylation is 1. The zero-order valence-electron chi connectivity index (χ0n) is 15.3. The molecule has 0 spiro atoms. The van der Waals surface area contributed by atoms with E-state index in [9.17, 15) is 14.7 Å². The standard InChI is InChI=1S/C20H25N3O3/c1-3-14-6-8-15(9-7-14)20(10-4-5-11-20)13-23-12-16(24)18(25)17(22-23)19(26)21-2/h6-9,12,24H,3-5,10-11,13H2,1-2H3,(H,21,26). The van der Waals surface area contributed by atoms with E-state index in [1.807, 2.05) is 0 Å². The molecule has 0 atom stereocenters. The van der Waals surface area contributed by atoms with Crippen molar-refractivity contribution in [3.05, 3.63) is 57.5 Å². The van der Waals surface area contributed by atoms with E-state index in [0.29, 0.717) is 6.54 Å². The third-order valence-electron chi connectivity index (χ3n) is 5.39. The highest BCUT2D eigenvalue weighted by atomic mass is 16.3. The van der Waals surface area contributed by atoms with Crippen LogP contribution in [0.15, 0.2) is 35.3 Å². The highest BCUT2D eigenvalue weighted by molar-refractivity contribution is 5.92. The number of hydrogen-bond acceptors (Lipinski definition) is 4. The monoisotopic (exact) mass is 355 g/mol. The average Bonchev–Trinajstić information content (AvgIpc) is 3.13. The molecule has 0 radical (unpaired) electrons. The molecular weight excluding hydrogens is 330 g/mol. The summed E-state index contributed by atoms with van der Waals surface area (Å²) >= 11 is 0. The lowest BCUT2D eigenvalue weighted by Gasteiger charge is -2.30. The van der Waals surface area contributed by atoms with Crippen LogP contribution in [0.5, 0.6) is 5.75 Å². The first kappa shape index (κ1) is 18.2. The number of carbonyl (C=O) groups excluding carboxylic acids is 1. The fourth-order valence-electron chi connectivity index (χ4n) is 3.87. The molecule has 0 unspecified atom stereocenters. The summed E-state index contributed by atoms with van der Waals surface area (Å²) in [5, 5.41) is 16.6. The molecule has 2 N–H and O–H groups in total. The highest BCUT2D eigenvalue weighted by Crippen LogP contribution is 2.42. The Bertz CT molecular complexity index is 850. The molecule has 1 heterocycles. The van der Waals surface area contributed by atoms with E-state index in [4.69, 9.17) is 0 Å². The van der Waals surface area contributed by atoms with Gasteiger partial charge in [-0.3, -0.25) is 14.3 Å². The van der Waals surface area contributed by atoms with Crippen molar-refractivity contribution in [1.82, 2.24) is 15.1 Å². The molecule has 1 amide bonds. The van der Waals surface area contributed by atoms with Crippen molar-refractivity contribution in [2.75, 3.05) is 7.05 Å². The number of carbonyl (C=O) groups is 1. The number of aromatic nitrogens is 2. The zero-order chi connectivity index (χ0) is 18.7. The first-order valence-electron chi connectivity index (χ1n) is 9.11. The van der Waals surface area contributed by atoms with Crippen LogP contribution in [-0.2, 0) is 18.4 Å². The molecule has 26 heavy (non-hydrogen) atoms. The summed E-state index contributed by atoms with van der Waals surface area (Å²) in [6.45, 7) is 2.66. The molecule has 2 aromatic rings. The predicted molar refractivity (Wildman–Crippen MR) is 99.5 cm³/mol. The summed E-state index contributed by atoms with van der Waals surface area (Å²) in [7, 11) is 1.44. The fraction of sp³-hybridized carbons (Fsp3) is 0.450. The van der Waals surface area contributed by atoms with Crippen molar-refractivity contribution >= 4 is 5.91 Å². The Morgan fingerprint density at radius 3 is 2.50 bits per heavy atom. The number of hydrogen-bond donors (Lipinski definition) is 2. The van der Waals surface area contributed by atoms with Gasteiger partial charge in [-0.1, -0.05) is 44.0 Å². The summed E-state index contributed by atoms with van der Waals surface area (Å²) in [4.78, 5) is 23.9. The van der Waals surface area contributed by atoms with Gasteiger partial charge in [0.15, 0.2) is 11.4 Å². The maximum Gasteiger partial charge on any atom is 0.275 e. The molecule has 138 valence electrons. The van der Waals surface area contributed by atoms with Gasteiger partial charge in [-0.15, -0.1) is 0 Å². The van der Waals surface area contributed by atoms with Crippen LogP contribution in [0.25, 0.3) is 0 Å². The average molecular weight is 355 g/mol. The van der Waals surface area contributed by atoms with Crippen molar-refractivity contribution in [1.29, 1.82) is 0 Å². The number of nitrogens with one attached hydrogen (secondary N) is 1. The van der Waals surface area contributed by atoms with Crippen molar-refractivity contribution in [2.24, 2.45) is 0 Å². The van der Waals surface area contributed by atoms with Crippen LogP contribution in [0.1, 0.15) is 54.2 Å². The Morgan fingerprint density at radius 1 is 1.27 bits per heavy atom. The summed E-state index contributed by atoms with van der Waals surface area (Å²) in [6, 6.07) is 8.65. The lowest BCUT2D eigenvalue weighted by atomic mass is 9.78. The Morgan fingerprint density at radius 2 is 1.92 bits per heavy atom. The zero-order valence-corrected chi connectivity index (χ0v) is 15.3. The van der Waals surface area contributed by atoms with Gasteiger partial charge in [0.05, 0.1) is 12.7 Å². The summed E-state index contributed by atoms with van der Waals surface area (Å²) < 4.78 is 1.54. The number of rotatable bonds is 5. The number of amides is 1. The molecule has 3 rings (SSSR count). The van der Waals surface area contributed by atoms with Crippen molar-refractivity contribution < 1.29 is 9.90 Å². The van der Waals surface area contributed by atoms with Gasteiger partial charge in [0.25, 0.3) is 11.3 Å². The van der Waals surface area contributed by atoms with Gasteiger partial charge in [-0.05, 0) is 30.4 Å². The quantitative estimate of drug-likeness (QED) is 0.862. The third-order valence-corrected chi connectivity index (χ3v) is 5.39. The molecule has 0 aliphatic heterocycles. The van der Waals surface area contributed by atoms with Crippen LogP contribution in [0.3, 0.4) is 0 Å². The van der Waals surface area contributed by atoms with Gasteiger partial charge >= 0.3 is 0 Å². The van der Waals surface area contributed by atoms with Crippen LogP contribution in [0.2, 0.25) is 0 Å². The third kappa shape index (κ3) is 3.36. The molecule has 1 aromatic heterocycles. The van der Waals surface area contributed by atoms with Crippen LogP contribution in [0, 0.1) is 0 Å². The molecule has 6 nitrogen and oxygen atoms in total. The molecule has 0 saturated heterocycles. The topological polar surface area (TPSA) is 84.2 Å². The van der Waals surface area contributed by atoms with E-state index in [0.717, 1.165) is 32.1 Å². The van der Waals surface area contributed by atoms with E-state index in [1.54, 1.807) is 4.68 Å². The van der Waals surface area contributed by atoms with Gasteiger partial charge in [0.2, 0.25) is 0 Å². The minimum Gasteiger partial charge on any atom is -0.503 e. The smallest absolute Gasteiger partial charge is 0.275 e. The normalized spacial score (nSPS) is 15.8. The largest absolute Gasteiger partial charge is 0.503 e. The molecule has 1 aromatic carbocycles. The lowest BCUT2D eigenvalue weighted by molar-refractivity contribution is 0.0953. The number of benzene rings is 1. The van der Waals surface area contributed by atoms with Crippen LogP contribution >= 0.6 is 0 Å². The minimum absolute atomic E-state index is 0.0965. The maximum absolute atomic E-state index is 12.0. The van der Waals surface area contributed by atoms with Gasteiger partial charge < -0.3 is 10.4 Å². The van der Waals surface area contributed by atoms with Crippen LogP contribution < -0.4 is 10.7 Å².